The number of aryl methyl sites for hydroxylation is 1. The van der Waals surface area contributed by atoms with Crippen LogP contribution in [0.3, 0.4) is 0 Å². The van der Waals surface area contributed by atoms with Gasteiger partial charge in [0.2, 0.25) is 5.91 Å². The lowest BCUT2D eigenvalue weighted by Gasteiger charge is -2.16. The summed E-state index contributed by atoms with van der Waals surface area (Å²) in [5.41, 5.74) is 3.98. The molecule has 0 bridgehead atoms. The highest BCUT2D eigenvalue weighted by Crippen LogP contribution is 2.23. The van der Waals surface area contributed by atoms with Crippen molar-refractivity contribution in [2.24, 2.45) is 0 Å². The van der Waals surface area contributed by atoms with E-state index in [1.807, 2.05) is 19.1 Å². The maximum Gasteiger partial charge on any atom is 0.247 e. The molecule has 1 aromatic carbocycles. The quantitative estimate of drug-likeness (QED) is 0.644. The Bertz CT molecular complexity index is 349. The van der Waals surface area contributed by atoms with Crippen LogP contribution in [0.1, 0.15) is 12.5 Å². The number of thioether (sulfide) groups is 1. The fourth-order valence-electron chi connectivity index (χ4n) is 1.19. The molecule has 0 unspecified atom stereocenters. The topological polar surface area (TPSA) is 32.3 Å². The lowest BCUT2D eigenvalue weighted by atomic mass is 10.2. The average molecular weight is 238 g/mol. The Morgan fingerprint density at radius 2 is 1.88 bits per heavy atom. The standard InChI is InChI=1S/C12H18N2OS/c1-9-5-7-11(8-6-9)16-10(2)12(15)13-14(3)4/h5-8,10H,1-4H3,(H,13,15)/t10-/m0/s1. The molecule has 3 nitrogen and oxygen atoms in total. The van der Waals surface area contributed by atoms with Crippen molar-refractivity contribution in [1.82, 2.24) is 10.4 Å². The number of nitrogens with one attached hydrogen (secondary N) is 1. The summed E-state index contributed by atoms with van der Waals surface area (Å²) in [6.45, 7) is 3.96. The summed E-state index contributed by atoms with van der Waals surface area (Å²) in [7, 11) is 3.61. The Hall–Kier alpha value is -1.00. The highest BCUT2D eigenvalue weighted by Gasteiger charge is 2.14. The van der Waals surface area contributed by atoms with Gasteiger partial charge < -0.3 is 0 Å². The van der Waals surface area contributed by atoms with Gasteiger partial charge in [-0.25, -0.2) is 5.01 Å². The zero-order valence-electron chi connectivity index (χ0n) is 10.2. The first-order valence-electron chi connectivity index (χ1n) is 5.20. The van der Waals surface area contributed by atoms with Gasteiger partial charge in [0.1, 0.15) is 0 Å². The number of carbonyl (C=O) groups is 1. The van der Waals surface area contributed by atoms with Gasteiger partial charge in [0.25, 0.3) is 0 Å². The first-order chi connectivity index (χ1) is 7.49. The van der Waals surface area contributed by atoms with Crippen LogP contribution in [0.4, 0.5) is 0 Å². The van der Waals surface area contributed by atoms with Crippen LogP contribution < -0.4 is 5.43 Å². The third-order valence-corrected chi connectivity index (χ3v) is 3.15. The summed E-state index contributed by atoms with van der Waals surface area (Å²) in [4.78, 5) is 12.8. The molecule has 1 amide bonds. The Balaban J connectivity index is 2.53. The lowest BCUT2D eigenvalue weighted by molar-refractivity contribution is -0.123. The summed E-state index contributed by atoms with van der Waals surface area (Å²) in [5, 5.41) is 1.57. The third kappa shape index (κ3) is 4.24. The Morgan fingerprint density at radius 3 is 2.38 bits per heavy atom. The number of rotatable bonds is 4. The molecule has 1 aromatic rings. The first kappa shape index (κ1) is 13.1. The number of carbonyl (C=O) groups excluding carboxylic acids is 1. The molecule has 0 aliphatic carbocycles. The van der Waals surface area contributed by atoms with Crippen molar-refractivity contribution in [3.8, 4) is 0 Å². The number of hydrazine groups is 1. The van der Waals surface area contributed by atoms with E-state index in [1.54, 1.807) is 30.9 Å². The van der Waals surface area contributed by atoms with Crippen molar-refractivity contribution in [1.29, 1.82) is 0 Å². The van der Waals surface area contributed by atoms with Crippen molar-refractivity contribution < 1.29 is 4.79 Å². The predicted octanol–water partition coefficient (Wildman–Crippen LogP) is 2.07. The molecule has 88 valence electrons. The van der Waals surface area contributed by atoms with Crippen LogP contribution in [0.5, 0.6) is 0 Å². The highest BCUT2D eigenvalue weighted by molar-refractivity contribution is 8.00. The lowest BCUT2D eigenvalue weighted by Crippen LogP contribution is -2.40. The van der Waals surface area contributed by atoms with Gasteiger partial charge in [-0.15, -0.1) is 11.8 Å². The van der Waals surface area contributed by atoms with Gasteiger partial charge in [0.05, 0.1) is 5.25 Å². The average Bonchev–Trinajstić information content (AvgIpc) is 2.20. The minimum Gasteiger partial charge on any atom is -0.288 e. The molecule has 1 rings (SSSR count). The molecule has 0 aliphatic heterocycles. The van der Waals surface area contributed by atoms with E-state index in [-0.39, 0.29) is 11.2 Å². The maximum absolute atomic E-state index is 11.7. The van der Waals surface area contributed by atoms with Crippen molar-refractivity contribution in [3.05, 3.63) is 29.8 Å². The minimum atomic E-state index is -0.0925. The van der Waals surface area contributed by atoms with E-state index in [9.17, 15) is 4.79 Å². The van der Waals surface area contributed by atoms with Crippen LogP contribution in [0.2, 0.25) is 0 Å². The second-order valence-electron chi connectivity index (χ2n) is 3.94. The Labute approximate surface area is 101 Å². The maximum atomic E-state index is 11.7. The fraction of sp³-hybridized carbons (Fsp3) is 0.417. The normalized spacial score (nSPS) is 12.6. The van der Waals surface area contributed by atoms with Crippen LogP contribution >= 0.6 is 11.8 Å². The molecule has 1 atom stereocenters. The molecule has 0 radical (unpaired) electrons. The summed E-state index contributed by atoms with van der Waals surface area (Å²) in [5.74, 6) is 0.0237. The van der Waals surface area contributed by atoms with Crippen molar-refractivity contribution >= 4 is 17.7 Å². The van der Waals surface area contributed by atoms with Crippen LogP contribution in [-0.2, 0) is 4.79 Å². The van der Waals surface area contributed by atoms with Gasteiger partial charge in [-0.1, -0.05) is 17.7 Å². The van der Waals surface area contributed by atoms with Crippen LogP contribution in [0, 0.1) is 6.92 Å². The second kappa shape index (κ2) is 5.92. The number of amides is 1. The molecular formula is C12H18N2OS. The van der Waals surface area contributed by atoms with Crippen molar-refractivity contribution in [2.45, 2.75) is 24.0 Å². The summed E-state index contributed by atoms with van der Waals surface area (Å²) in [6, 6.07) is 8.19. The molecule has 0 spiro atoms. The van der Waals surface area contributed by atoms with E-state index in [4.69, 9.17) is 0 Å². The predicted molar refractivity (Wildman–Crippen MR) is 68.3 cm³/mol. The summed E-state index contributed by atoms with van der Waals surface area (Å²) < 4.78 is 0. The molecule has 0 fully saturated rings. The molecule has 16 heavy (non-hydrogen) atoms. The summed E-state index contributed by atoms with van der Waals surface area (Å²) >= 11 is 1.56. The molecule has 1 N–H and O–H groups in total. The smallest absolute Gasteiger partial charge is 0.247 e. The largest absolute Gasteiger partial charge is 0.288 e. The summed E-state index contributed by atoms with van der Waals surface area (Å²) in [6.07, 6.45) is 0. The van der Waals surface area contributed by atoms with Gasteiger partial charge in [0.15, 0.2) is 0 Å². The van der Waals surface area contributed by atoms with Crippen LogP contribution in [0.15, 0.2) is 29.2 Å². The second-order valence-corrected chi connectivity index (χ2v) is 5.36. The van der Waals surface area contributed by atoms with E-state index in [1.165, 1.54) is 5.56 Å². The Morgan fingerprint density at radius 1 is 1.31 bits per heavy atom. The molecule has 0 aliphatic rings. The molecule has 0 saturated carbocycles. The number of nitrogens with zero attached hydrogens (tertiary/aromatic N) is 1. The van der Waals surface area contributed by atoms with Crippen LogP contribution in [-0.4, -0.2) is 30.3 Å². The van der Waals surface area contributed by atoms with Gasteiger partial charge in [0, 0.05) is 19.0 Å². The Kier molecular flexibility index (Phi) is 4.83. The third-order valence-electron chi connectivity index (χ3n) is 2.04. The zero-order chi connectivity index (χ0) is 12.1. The van der Waals surface area contributed by atoms with Crippen LogP contribution in [0.25, 0.3) is 0 Å². The number of hydrogen-bond donors (Lipinski definition) is 1. The number of hydrogen-bond acceptors (Lipinski definition) is 3. The van der Waals surface area contributed by atoms with Crippen molar-refractivity contribution in [3.63, 3.8) is 0 Å². The van der Waals surface area contributed by atoms with E-state index < -0.39 is 0 Å². The minimum absolute atomic E-state index is 0.0237. The fourth-order valence-corrected chi connectivity index (χ4v) is 2.05. The molecule has 0 aromatic heterocycles. The van der Waals surface area contributed by atoms with Crippen molar-refractivity contribution in [2.75, 3.05) is 14.1 Å². The zero-order valence-corrected chi connectivity index (χ0v) is 11.0. The molecular weight excluding hydrogens is 220 g/mol. The monoisotopic (exact) mass is 238 g/mol. The van der Waals surface area contributed by atoms with Gasteiger partial charge in [-0.2, -0.15) is 0 Å². The first-order valence-corrected chi connectivity index (χ1v) is 6.08. The molecule has 4 heteroatoms. The van der Waals surface area contributed by atoms with E-state index in [2.05, 4.69) is 24.5 Å². The van der Waals surface area contributed by atoms with Gasteiger partial charge in [-0.05, 0) is 26.0 Å². The number of benzene rings is 1. The van der Waals surface area contributed by atoms with E-state index in [0.717, 1.165) is 4.90 Å². The van der Waals surface area contributed by atoms with Gasteiger partial charge in [-0.3, -0.25) is 10.2 Å². The molecule has 0 saturated heterocycles. The van der Waals surface area contributed by atoms with E-state index in [0.29, 0.717) is 0 Å². The van der Waals surface area contributed by atoms with E-state index >= 15 is 0 Å². The SMILES string of the molecule is Cc1ccc(S[C@@H](C)C(=O)NN(C)C)cc1. The van der Waals surface area contributed by atoms with Gasteiger partial charge >= 0.3 is 0 Å². The molecule has 0 heterocycles. The highest BCUT2D eigenvalue weighted by atomic mass is 32.2.